The van der Waals surface area contributed by atoms with Crippen molar-refractivity contribution >= 4 is 44.7 Å². The van der Waals surface area contributed by atoms with Gasteiger partial charge in [0.05, 0.1) is 45.8 Å². The van der Waals surface area contributed by atoms with Crippen LogP contribution in [0.2, 0.25) is 5.02 Å². The molecule has 12 nitrogen and oxygen atoms in total. The van der Waals surface area contributed by atoms with Crippen LogP contribution in [0, 0.1) is 19.7 Å². The number of anilines is 1. The highest BCUT2D eigenvalue weighted by atomic mass is 35.5. The number of amides is 1. The highest BCUT2D eigenvalue weighted by Crippen LogP contribution is 2.42. The molecule has 0 radical (unpaired) electrons. The fourth-order valence-electron chi connectivity index (χ4n) is 4.38. The first-order valence-corrected chi connectivity index (χ1v) is 14.2. The average Bonchev–Trinajstić information content (AvgIpc) is 3.49. The molecular weight excluding hydrogens is 579 g/mol. The predicted molar refractivity (Wildman–Crippen MR) is 149 cm³/mol. The number of carbonyl (C=O) groups excluding carboxylic acids is 1. The Balaban J connectivity index is 0.000000296. The van der Waals surface area contributed by atoms with Gasteiger partial charge in [-0.1, -0.05) is 29.3 Å². The molecule has 2 aromatic heterocycles. The number of rotatable bonds is 6. The van der Waals surface area contributed by atoms with Gasteiger partial charge in [0.2, 0.25) is 0 Å². The van der Waals surface area contributed by atoms with Gasteiger partial charge in [-0.15, -0.1) is 0 Å². The van der Waals surface area contributed by atoms with E-state index in [1.165, 1.54) is 24.5 Å². The van der Waals surface area contributed by atoms with Gasteiger partial charge in [-0.3, -0.25) is 4.55 Å². The Morgan fingerprint density at radius 3 is 2.56 bits per heavy atom. The predicted octanol–water partition coefficient (Wildman–Crippen LogP) is 4.54. The second-order valence-corrected chi connectivity index (χ2v) is 11.0. The molecule has 2 aromatic carbocycles. The summed E-state index contributed by atoms with van der Waals surface area (Å²) in [4.78, 5) is 19.8. The second-order valence-electron chi connectivity index (χ2n) is 9.16. The number of halogens is 2. The van der Waals surface area contributed by atoms with E-state index < -0.39 is 34.2 Å². The van der Waals surface area contributed by atoms with Gasteiger partial charge in [0.1, 0.15) is 17.9 Å². The molecule has 4 aromatic rings. The van der Waals surface area contributed by atoms with Crippen LogP contribution in [0.3, 0.4) is 0 Å². The van der Waals surface area contributed by atoms with Gasteiger partial charge >= 0.3 is 6.09 Å². The maximum Gasteiger partial charge on any atom is 0.407 e. The Labute approximate surface area is 240 Å². The lowest BCUT2D eigenvalue weighted by molar-refractivity contribution is 0.137. The van der Waals surface area contributed by atoms with Crippen molar-refractivity contribution in [2.45, 2.75) is 44.7 Å². The molecule has 1 amide bonds. The molecule has 0 spiro atoms. The van der Waals surface area contributed by atoms with Gasteiger partial charge in [0, 0.05) is 5.56 Å². The lowest BCUT2D eigenvalue weighted by atomic mass is 9.99. The van der Waals surface area contributed by atoms with Crippen LogP contribution in [0.4, 0.5) is 15.0 Å². The van der Waals surface area contributed by atoms with E-state index in [2.05, 4.69) is 20.4 Å². The van der Waals surface area contributed by atoms with E-state index >= 15 is 4.39 Å². The first kappa shape index (κ1) is 30.0. The van der Waals surface area contributed by atoms with Crippen LogP contribution in [0.1, 0.15) is 48.4 Å². The number of cyclic esters (lactones) is 1. The fourth-order valence-corrected chi connectivity index (χ4v) is 5.08. The summed E-state index contributed by atoms with van der Waals surface area (Å²) in [7, 11) is -4.02. The van der Waals surface area contributed by atoms with Crippen LogP contribution in [0.25, 0.3) is 11.0 Å². The highest BCUT2D eigenvalue weighted by molar-refractivity contribution is 7.85. The highest BCUT2D eigenvalue weighted by Gasteiger charge is 2.34. The monoisotopic (exact) mass is 606 g/mol. The van der Waals surface area contributed by atoms with Crippen molar-refractivity contribution in [2.24, 2.45) is 0 Å². The molecule has 5 rings (SSSR count). The van der Waals surface area contributed by atoms with Gasteiger partial charge in [-0.25, -0.2) is 23.8 Å². The Morgan fingerprint density at radius 1 is 1.29 bits per heavy atom. The van der Waals surface area contributed by atoms with E-state index in [9.17, 15) is 13.2 Å². The summed E-state index contributed by atoms with van der Waals surface area (Å²) < 4.78 is 57.3. The lowest BCUT2D eigenvalue weighted by Crippen LogP contribution is -2.16. The number of aromatic nitrogens is 4. The van der Waals surface area contributed by atoms with E-state index in [0.29, 0.717) is 28.1 Å². The Bertz CT molecular complexity index is 1710. The first-order valence-electron chi connectivity index (χ1n) is 12.4. The number of aryl methyl sites for hydroxylation is 2. The van der Waals surface area contributed by atoms with Gasteiger partial charge in [-0.2, -0.15) is 13.5 Å². The molecule has 1 fully saturated rings. The van der Waals surface area contributed by atoms with Crippen LogP contribution in [0.15, 0.2) is 41.6 Å². The van der Waals surface area contributed by atoms with Crippen molar-refractivity contribution in [3.63, 3.8) is 0 Å². The molecule has 0 unspecified atom stereocenters. The summed E-state index contributed by atoms with van der Waals surface area (Å²) in [5.41, 5.74) is 8.81. The summed E-state index contributed by atoms with van der Waals surface area (Å²) in [6.07, 6.45) is -0.131. The number of nitrogens with two attached hydrogens (primary N) is 1. The van der Waals surface area contributed by atoms with Crippen LogP contribution < -0.4 is 15.8 Å². The molecule has 41 heavy (non-hydrogen) atoms. The quantitative estimate of drug-likeness (QED) is 0.265. The van der Waals surface area contributed by atoms with Crippen LogP contribution in [0.5, 0.6) is 5.75 Å². The maximum atomic E-state index is 15.0. The van der Waals surface area contributed by atoms with Crippen molar-refractivity contribution in [1.29, 1.82) is 0 Å². The summed E-state index contributed by atoms with van der Waals surface area (Å²) in [6.45, 7) is 7.67. The molecule has 2 atom stereocenters. The van der Waals surface area contributed by atoms with Crippen molar-refractivity contribution in [2.75, 3.05) is 18.9 Å². The molecule has 3 heterocycles. The van der Waals surface area contributed by atoms with E-state index in [-0.39, 0.29) is 34.4 Å². The number of carbonyl (C=O) groups is 1. The van der Waals surface area contributed by atoms with E-state index in [4.69, 9.17) is 31.4 Å². The van der Waals surface area contributed by atoms with Crippen LogP contribution in [-0.4, -0.2) is 52.0 Å². The zero-order valence-corrected chi connectivity index (χ0v) is 24.1. The van der Waals surface area contributed by atoms with Crippen molar-refractivity contribution < 1.29 is 31.6 Å². The third-order valence-electron chi connectivity index (χ3n) is 6.36. The number of ether oxygens (including phenoxy) is 2. The Hall–Kier alpha value is -4.01. The minimum absolute atomic E-state index is 0.0666. The average molecular weight is 607 g/mol. The van der Waals surface area contributed by atoms with Crippen LogP contribution >= 0.6 is 11.6 Å². The smallest absolute Gasteiger partial charge is 0.407 e. The Kier molecular flexibility index (Phi) is 8.66. The van der Waals surface area contributed by atoms with Gasteiger partial charge in [-0.05, 0) is 45.9 Å². The van der Waals surface area contributed by atoms with E-state index in [1.807, 2.05) is 13.8 Å². The normalized spacial score (nSPS) is 15.6. The molecule has 4 N–H and O–H groups in total. The molecule has 0 saturated carbocycles. The molecule has 1 aliphatic rings. The SMILES string of the molecule is CCOc1c([C@H](C)n2nc(C)c3c(N)ncnc32)cc(Cl)c(F)c1[C@@H]1CNC(=O)O1.Cc1ccc(S(=O)(=O)O)cc1. The van der Waals surface area contributed by atoms with Gasteiger partial charge in [0.25, 0.3) is 10.1 Å². The molecule has 1 aliphatic heterocycles. The van der Waals surface area contributed by atoms with Gasteiger partial charge < -0.3 is 20.5 Å². The van der Waals surface area contributed by atoms with Gasteiger partial charge in [0.15, 0.2) is 17.6 Å². The number of hydrogen-bond acceptors (Lipinski definition) is 9. The van der Waals surface area contributed by atoms with Crippen LogP contribution in [-0.2, 0) is 14.9 Å². The third-order valence-corrected chi connectivity index (χ3v) is 7.50. The Morgan fingerprint density at radius 2 is 1.98 bits per heavy atom. The van der Waals surface area contributed by atoms with E-state index in [1.54, 1.807) is 30.7 Å². The summed E-state index contributed by atoms with van der Waals surface area (Å²) in [5.74, 6) is -0.106. The zero-order valence-electron chi connectivity index (χ0n) is 22.6. The molecule has 218 valence electrons. The topological polar surface area (TPSA) is 172 Å². The molecule has 0 aliphatic carbocycles. The van der Waals surface area contributed by atoms with E-state index in [0.717, 1.165) is 5.56 Å². The maximum absolute atomic E-state index is 15.0. The molecule has 1 saturated heterocycles. The minimum Gasteiger partial charge on any atom is -0.493 e. The minimum atomic E-state index is -4.02. The summed E-state index contributed by atoms with van der Waals surface area (Å²) >= 11 is 6.22. The van der Waals surface area contributed by atoms with Crippen molar-refractivity contribution in [1.82, 2.24) is 25.1 Å². The van der Waals surface area contributed by atoms with Crippen molar-refractivity contribution in [3.8, 4) is 5.75 Å². The molecule has 0 bridgehead atoms. The van der Waals surface area contributed by atoms with Crippen molar-refractivity contribution in [3.05, 3.63) is 69.9 Å². The lowest BCUT2D eigenvalue weighted by Gasteiger charge is -2.23. The summed E-state index contributed by atoms with van der Waals surface area (Å²) in [6, 6.07) is 7.04. The number of hydrogen-bond donors (Lipinski definition) is 3. The summed E-state index contributed by atoms with van der Waals surface area (Å²) in [5, 5.41) is 7.62. The number of fused-ring (bicyclic) bond motifs is 1. The fraction of sp³-hybridized carbons (Fsp3) is 0.308. The number of alkyl carbamates (subject to hydrolysis) is 1. The number of nitrogens with zero attached hydrogens (tertiary/aromatic N) is 4. The standard InChI is InChI=1S/C19H20ClFN6O3.C7H8O3S/c1-4-29-16-10(5-11(20)15(21)14(16)12-6-23-19(28)30-12)9(3)27-18-13(8(2)26-27)17(22)24-7-25-18;1-6-2-4-7(5-3-6)11(8,9)10/h5,7,9,12H,4,6H2,1-3H3,(H,23,28)(H2,22,24,25);2-5H,1H3,(H,8,9,10)/t9-,12-;/m0./s1. The largest absolute Gasteiger partial charge is 0.493 e. The second kappa shape index (κ2) is 11.8. The third kappa shape index (κ3) is 6.19. The zero-order chi connectivity index (χ0) is 30.1. The number of nitrogen functional groups attached to an aromatic ring is 1. The molecule has 15 heteroatoms. The number of nitrogens with one attached hydrogen (secondary N) is 1. The molecular formula is C26H28ClFN6O6S. The first-order chi connectivity index (χ1) is 19.3. The number of benzene rings is 2.